The SMILES string of the molecule is CCC(C)(C)OC(=O)NC(CNS(=O)(=O)CC)c1cccc(Cl)c1Cl. The van der Waals surface area contributed by atoms with E-state index in [0.29, 0.717) is 17.0 Å². The number of sulfonamides is 1. The van der Waals surface area contributed by atoms with Gasteiger partial charge in [0.15, 0.2) is 0 Å². The van der Waals surface area contributed by atoms with Crippen LogP contribution in [0.25, 0.3) is 0 Å². The van der Waals surface area contributed by atoms with E-state index in [0.717, 1.165) is 0 Å². The minimum Gasteiger partial charge on any atom is -0.444 e. The van der Waals surface area contributed by atoms with Crippen LogP contribution in [0.1, 0.15) is 45.7 Å². The van der Waals surface area contributed by atoms with Gasteiger partial charge in [-0.3, -0.25) is 0 Å². The lowest BCUT2D eigenvalue weighted by atomic mass is 10.1. The van der Waals surface area contributed by atoms with Crippen LogP contribution in [-0.4, -0.2) is 32.4 Å². The first-order chi connectivity index (χ1) is 11.5. The van der Waals surface area contributed by atoms with Crippen LogP contribution in [-0.2, 0) is 14.8 Å². The van der Waals surface area contributed by atoms with Crippen LogP contribution in [0, 0.1) is 0 Å². The molecule has 6 nitrogen and oxygen atoms in total. The average Bonchev–Trinajstić information content (AvgIpc) is 2.54. The second kappa shape index (κ2) is 9.07. The third-order valence-corrected chi connectivity index (χ3v) is 5.96. The van der Waals surface area contributed by atoms with E-state index in [2.05, 4.69) is 10.0 Å². The Labute approximate surface area is 159 Å². The maximum atomic E-state index is 12.2. The van der Waals surface area contributed by atoms with Crippen LogP contribution >= 0.6 is 23.2 Å². The van der Waals surface area contributed by atoms with E-state index in [1.807, 2.05) is 6.92 Å². The van der Waals surface area contributed by atoms with Crippen LogP contribution in [0.3, 0.4) is 0 Å². The molecule has 2 N–H and O–H groups in total. The number of benzene rings is 1. The maximum absolute atomic E-state index is 12.2. The Kier molecular flexibility index (Phi) is 7.99. The molecule has 0 fully saturated rings. The summed E-state index contributed by atoms with van der Waals surface area (Å²) in [5.41, 5.74) is -0.144. The van der Waals surface area contributed by atoms with Gasteiger partial charge in [0.05, 0.1) is 21.8 Å². The number of carbonyl (C=O) groups excluding carboxylic acids is 1. The predicted octanol–water partition coefficient (Wildman–Crippen LogP) is 3.89. The van der Waals surface area contributed by atoms with E-state index in [9.17, 15) is 13.2 Å². The number of nitrogens with one attached hydrogen (secondary N) is 2. The highest BCUT2D eigenvalue weighted by molar-refractivity contribution is 7.89. The van der Waals surface area contributed by atoms with Crippen molar-refractivity contribution < 1.29 is 17.9 Å². The third-order valence-electron chi connectivity index (χ3n) is 3.76. The number of hydrogen-bond acceptors (Lipinski definition) is 4. The quantitative estimate of drug-likeness (QED) is 0.680. The van der Waals surface area contributed by atoms with Gasteiger partial charge in [-0.2, -0.15) is 0 Å². The normalized spacial score (nSPS) is 13.4. The van der Waals surface area contributed by atoms with Crippen LogP contribution in [0.15, 0.2) is 18.2 Å². The largest absolute Gasteiger partial charge is 0.444 e. The van der Waals surface area contributed by atoms with E-state index in [1.54, 1.807) is 32.0 Å². The van der Waals surface area contributed by atoms with Crippen LogP contribution in [0.5, 0.6) is 0 Å². The highest BCUT2D eigenvalue weighted by Gasteiger charge is 2.25. The Morgan fingerprint density at radius 1 is 1.28 bits per heavy atom. The van der Waals surface area contributed by atoms with Crippen molar-refractivity contribution in [2.45, 2.75) is 45.8 Å². The first kappa shape index (κ1) is 22.0. The van der Waals surface area contributed by atoms with Gasteiger partial charge in [0.25, 0.3) is 0 Å². The summed E-state index contributed by atoms with van der Waals surface area (Å²) >= 11 is 12.2. The highest BCUT2D eigenvalue weighted by Crippen LogP contribution is 2.30. The van der Waals surface area contributed by atoms with Crippen molar-refractivity contribution in [3.8, 4) is 0 Å². The fourth-order valence-electron chi connectivity index (χ4n) is 1.84. The zero-order valence-corrected chi connectivity index (χ0v) is 17.1. The summed E-state index contributed by atoms with van der Waals surface area (Å²) in [5.74, 6) is -0.0731. The summed E-state index contributed by atoms with van der Waals surface area (Å²) in [4.78, 5) is 12.2. The van der Waals surface area contributed by atoms with E-state index in [-0.39, 0.29) is 17.3 Å². The lowest BCUT2D eigenvalue weighted by molar-refractivity contribution is 0.0343. The van der Waals surface area contributed by atoms with E-state index >= 15 is 0 Å². The predicted molar refractivity (Wildman–Crippen MR) is 101 cm³/mol. The van der Waals surface area contributed by atoms with Crippen molar-refractivity contribution in [1.29, 1.82) is 0 Å². The Balaban J connectivity index is 3.03. The lowest BCUT2D eigenvalue weighted by Crippen LogP contribution is -2.41. The van der Waals surface area contributed by atoms with Crippen molar-refractivity contribution in [2.24, 2.45) is 0 Å². The van der Waals surface area contributed by atoms with Crippen LogP contribution in [0.4, 0.5) is 4.79 Å². The number of carbonyl (C=O) groups is 1. The molecule has 0 bridgehead atoms. The molecule has 0 aliphatic rings. The molecule has 1 aromatic rings. The van der Waals surface area contributed by atoms with Crippen molar-refractivity contribution in [3.63, 3.8) is 0 Å². The molecule has 1 amide bonds. The van der Waals surface area contributed by atoms with Gasteiger partial charge in [0, 0.05) is 6.54 Å². The molecule has 25 heavy (non-hydrogen) atoms. The average molecular weight is 411 g/mol. The van der Waals surface area contributed by atoms with Gasteiger partial charge in [-0.15, -0.1) is 0 Å². The second-order valence-corrected chi connectivity index (χ2v) is 8.98. The number of amides is 1. The number of halogens is 2. The fourth-order valence-corrected chi connectivity index (χ4v) is 2.90. The highest BCUT2D eigenvalue weighted by atomic mass is 35.5. The van der Waals surface area contributed by atoms with E-state index < -0.39 is 27.8 Å². The zero-order chi connectivity index (χ0) is 19.3. The topological polar surface area (TPSA) is 84.5 Å². The zero-order valence-electron chi connectivity index (χ0n) is 14.7. The van der Waals surface area contributed by atoms with Gasteiger partial charge in [-0.25, -0.2) is 17.9 Å². The molecule has 0 spiro atoms. The van der Waals surface area contributed by atoms with Gasteiger partial charge >= 0.3 is 6.09 Å². The van der Waals surface area contributed by atoms with Gasteiger partial charge < -0.3 is 10.1 Å². The molecule has 0 aliphatic carbocycles. The molecule has 1 unspecified atom stereocenters. The number of alkyl carbamates (subject to hydrolysis) is 1. The molecule has 0 radical (unpaired) electrons. The molecular formula is C16H24Cl2N2O4S. The Hall–Kier alpha value is -1.02. The van der Waals surface area contributed by atoms with E-state index in [4.69, 9.17) is 27.9 Å². The third kappa shape index (κ3) is 7.01. The molecule has 0 heterocycles. The number of hydrogen-bond donors (Lipinski definition) is 2. The van der Waals surface area contributed by atoms with E-state index in [1.165, 1.54) is 6.92 Å². The second-order valence-electron chi connectivity index (χ2n) is 6.09. The monoisotopic (exact) mass is 410 g/mol. The van der Waals surface area contributed by atoms with Gasteiger partial charge in [0.1, 0.15) is 5.60 Å². The summed E-state index contributed by atoms with van der Waals surface area (Å²) in [6, 6.07) is 4.23. The summed E-state index contributed by atoms with van der Waals surface area (Å²) in [5, 5.41) is 3.22. The van der Waals surface area contributed by atoms with Crippen LogP contribution < -0.4 is 10.0 Å². The summed E-state index contributed by atoms with van der Waals surface area (Å²) < 4.78 is 31.3. The molecule has 0 saturated heterocycles. The van der Waals surface area contributed by atoms with Gasteiger partial charge in [-0.1, -0.05) is 42.3 Å². The Morgan fingerprint density at radius 2 is 1.92 bits per heavy atom. The smallest absolute Gasteiger partial charge is 0.408 e. The van der Waals surface area contributed by atoms with Gasteiger partial charge in [0.2, 0.25) is 10.0 Å². The molecule has 1 rings (SSSR count). The Bertz CT molecular complexity index is 708. The Morgan fingerprint density at radius 3 is 2.48 bits per heavy atom. The van der Waals surface area contributed by atoms with Crippen molar-refractivity contribution in [3.05, 3.63) is 33.8 Å². The van der Waals surface area contributed by atoms with Gasteiger partial charge in [-0.05, 0) is 38.8 Å². The van der Waals surface area contributed by atoms with Crippen LogP contribution in [0.2, 0.25) is 10.0 Å². The molecular weight excluding hydrogens is 387 g/mol. The standard InChI is InChI=1S/C16H24Cl2N2O4S/c1-5-16(3,4)24-15(21)20-13(10-19-25(22,23)6-2)11-8-7-9-12(17)14(11)18/h7-9,13,19H,5-6,10H2,1-4H3,(H,20,21). The molecule has 1 aromatic carbocycles. The summed E-state index contributed by atoms with van der Waals surface area (Å²) in [6.45, 7) is 6.92. The van der Waals surface area contributed by atoms with Crippen molar-refractivity contribution in [2.75, 3.05) is 12.3 Å². The molecule has 0 saturated carbocycles. The van der Waals surface area contributed by atoms with Crippen molar-refractivity contribution >= 4 is 39.3 Å². The first-order valence-electron chi connectivity index (χ1n) is 7.92. The molecule has 1 atom stereocenters. The summed E-state index contributed by atoms with van der Waals surface area (Å²) in [6.07, 6.45) is -0.0329. The fraction of sp³-hybridized carbons (Fsp3) is 0.562. The maximum Gasteiger partial charge on any atom is 0.408 e. The molecule has 142 valence electrons. The molecule has 9 heteroatoms. The van der Waals surface area contributed by atoms with Crippen molar-refractivity contribution in [1.82, 2.24) is 10.0 Å². The lowest BCUT2D eigenvalue weighted by Gasteiger charge is -2.26. The number of rotatable bonds is 8. The summed E-state index contributed by atoms with van der Waals surface area (Å²) in [7, 11) is -3.44. The minimum absolute atomic E-state index is 0.0715. The minimum atomic E-state index is -3.44. The molecule has 0 aromatic heterocycles. The first-order valence-corrected chi connectivity index (χ1v) is 10.3. The molecule has 0 aliphatic heterocycles. The number of ether oxygens (including phenoxy) is 1.